The summed E-state index contributed by atoms with van der Waals surface area (Å²) in [7, 11) is 0. The number of benzene rings is 3. The standard InChI is InChI=1S/C21H14FIN2O3/c22-18-7-3-1-5-16(18)21(27)28-15-11-9-14(10-12-15)13-24-25-20(26)17-6-2-4-8-19(17)23/h1-13H,(H,25,26)/b24-13+. The van der Waals surface area contributed by atoms with Crippen molar-refractivity contribution in [2.45, 2.75) is 0 Å². The minimum absolute atomic E-state index is 0.133. The van der Waals surface area contributed by atoms with Gasteiger partial charge in [0.15, 0.2) is 0 Å². The van der Waals surface area contributed by atoms with E-state index in [1.165, 1.54) is 24.4 Å². The zero-order valence-corrected chi connectivity index (χ0v) is 16.6. The van der Waals surface area contributed by atoms with E-state index in [4.69, 9.17) is 4.74 Å². The fraction of sp³-hybridized carbons (Fsp3) is 0. The number of amides is 1. The summed E-state index contributed by atoms with van der Waals surface area (Å²) in [6.07, 6.45) is 1.47. The quantitative estimate of drug-likeness (QED) is 0.190. The first-order valence-electron chi connectivity index (χ1n) is 8.19. The molecule has 0 spiro atoms. The van der Waals surface area contributed by atoms with E-state index in [-0.39, 0.29) is 17.2 Å². The lowest BCUT2D eigenvalue weighted by Gasteiger charge is -2.05. The number of esters is 1. The number of hydrazone groups is 1. The molecule has 0 saturated carbocycles. The van der Waals surface area contributed by atoms with Gasteiger partial charge >= 0.3 is 5.97 Å². The van der Waals surface area contributed by atoms with Gasteiger partial charge in [0.2, 0.25) is 0 Å². The average molecular weight is 488 g/mol. The van der Waals surface area contributed by atoms with Crippen molar-refractivity contribution < 1.29 is 18.7 Å². The number of halogens is 2. The van der Waals surface area contributed by atoms with E-state index in [1.54, 1.807) is 42.5 Å². The third-order valence-electron chi connectivity index (χ3n) is 3.68. The number of rotatable bonds is 5. The maximum absolute atomic E-state index is 13.6. The Bertz CT molecular complexity index is 1040. The molecule has 3 aromatic rings. The molecule has 1 amide bonds. The summed E-state index contributed by atoms with van der Waals surface area (Å²) in [4.78, 5) is 24.1. The van der Waals surface area contributed by atoms with Crippen LogP contribution >= 0.6 is 22.6 Å². The van der Waals surface area contributed by atoms with Gasteiger partial charge in [0.1, 0.15) is 11.6 Å². The number of carbonyl (C=O) groups is 2. The van der Waals surface area contributed by atoms with Gasteiger partial charge in [-0.1, -0.05) is 24.3 Å². The summed E-state index contributed by atoms with van der Waals surface area (Å²) in [5.41, 5.74) is 3.55. The smallest absolute Gasteiger partial charge is 0.346 e. The molecule has 0 aliphatic rings. The summed E-state index contributed by atoms with van der Waals surface area (Å²) >= 11 is 2.08. The molecule has 0 aliphatic heterocycles. The molecule has 0 radical (unpaired) electrons. The van der Waals surface area contributed by atoms with Crippen molar-refractivity contribution >= 4 is 40.7 Å². The van der Waals surface area contributed by atoms with Gasteiger partial charge in [-0.2, -0.15) is 5.10 Å². The molecule has 0 saturated heterocycles. The molecule has 28 heavy (non-hydrogen) atoms. The molecular formula is C21H14FIN2O3. The van der Waals surface area contributed by atoms with Crippen molar-refractivity contribution in [1.82, 2.24) is 5.43 Å². The van der Waals surface area contributed by atoms with Crippen LogP contribution in [0.1, 0.15) is 26.3 Å². The zero-order chi connectivity index (χ0) is 19.9. The normalized spacial score (nSPS) is 10.6. The molecule has 0 atom stereocenters. The fourth-order valence-electron chi connectivity index (χ4n) is 2.28. The summed E-state index contributed by atoms with van der Waals surface area (Å²) in [6, 6.07) is 19.2. The van der Waals surface area contributed by atoms with Crippen LogP contribution in [-0.2, 0) is 0 Å². The Hall–Kier alpha value is -3.07. The van der Waals surface area contributed by atoms with E-state index < -0.39 is 11.8 Å². The van der Waals surface area contributed by atoms with Crippen LogP contribution in [0, 0.1) is 9.39 Å². The van der Waals surface area contributed by atoms with Crippen LogP contribution < -0.4 is 10.2 Å². The Morgan fingerprint density at radius 1 is 0.929 bits per heavy atom. The van der Waals surface area contributed by atoms with Gasteiger partial charge in [-0.25, -0.2) is 14.6 Å². The predicted octanol–water partition coefficient (Wildman–Crippen LogP) is 4.41. The molecule has 1 N–H and O–H groups in total. The minimum Gasteiger partial charge on any atom is -0.423 e. The first kappa shape index (κ1) is 19.7. The Morgan fingerprint density at radius 2 is 1.57 bits per heavy atom. The lowest BCUT2D eigenvalue weighted by molar-refractivity contribution is 0.0729. The SMILES string of the molecule is O=C(Oc1ccc(/C=N/NC(=O)c2ccccc2I)cc1)c1ccccc1F. The average Bonchev–Trinajstić information content (AvgIpc) is 2.70. The Morgan fingerprint density at radius 3 is 2.25 bits per heavy atom. The first-order valence-corrected chi connectivity index (χ1v) is 9.27. The molecule has 0 unspecified atom stereocenters. The number of hydrogen-bond donors (Lipinski definition) is 1. The summed E-state index contributed by atoms with van der Waals surface area (Å²) in [5, 5.41) is 3.92. The van der Waals surface area contributed by atoms with Gasteiger partial charge in [-0.05, 0) is 76.7 Å². The number of ether oxygens (including phenoxy) is 1. The van der Waals surface area contributed by atoms with Crippen molar-refractivity contribution in [3.05, 3.63) is 98.9 Å². The number of nitrogens with zero attached hydrogens (tertiary/aromatic N) is 1. The van der Waals surface area contributed by atoms with Crippen LogP contribution in [0.25, 0.3) is 0 Å². The lowest BCUT2D eigenvalue weighted by Crippen LogP contribution is -2.18. The second-order valence-electron chi connectivity index (χ2n) is 5.62. The van der Waals surface area contributed by atoms with Gasteiger partial charge in [-0.3, -0.25) is 4.79 Å². The van der Waals surface area contributed by atoms with Crippen LogP contribution in [-0.4, -0.2) is 18.1 Å². The highest BCUT2D eigenvalue weighted by Gasteiger charge is 2.13. The van der Waals surface area contributed by atoms with Crippen LogP contribution in [0.4, 0.5) is 4.39 Å². The van der Waals surface area contributed by atoms with Crippen LogP contribution in [0.3, 0.4) is 0 Å². The highest BCUT2D eigenvalue weighted by Crippen LogP contribution is 2.15. The molecule has 0 aromatic heterocycles. The van der Waals surface area contributed by atoms with Gasteiger partial charge in [0.05, 0.1) is 17.3 Å². The van der Waals surface area contributed by atoms with Crippen molar-refractivity contribution in [2.75, 3.05) is 0 Å². The van der Waals surface area contributed by atoms with Crippen LogP contribution in [0.5, 0.6) is 5.75 Å². The van der Waals surface area contributed by atoms with E-state index in [1.807, 2.05) is 12.1 Å². The second kappa shape index (κ2) is 9.23. The topological polar surface area (TPSA) is 67.8 Å². The highest BCUT2D eigenvalue weighted by molar-refractivity contribution is 14.1. The van der Waals surface area contributed by atoms with Gasteiger partial charge < -0.3 is 4.74 Å². The molecule has 0 bridgehead atoms. The number of nitrogens with one attached hydrogen (secondary N) is 1. The minimum atomic E-state index is -0.774. The molecule has 7 heteroatoms. The monoisotopic (exact) mass is 488 g/mol. The summed E-state index contributed by atoms with van der Waals surface area (Å²) < 4.78 is 19.6. The van der Waals surface area contributed by atoms with Gasteiger partial charge in [-0.15, -0.1) is 0 Å². The third kappa shape index (κ3) is 5.01. The lowest BCUT2D eigenvalue weighted by atomic mass is 10.2. The van der Waals surface area contributed by atoms with E-state index in [9.17, 15) is 14.0 Å². The van der Waals surface area contributed by atoms with Crippen molar-refractivity contribution in [3.8, 4) is 5.75 Å². The zero-order valence-electron chi connectivity index (χ0n) is 14.4. The number of hydrogen-bond acceptors (Lipinski definition) is 4. The van der Waals surface area contributed by atoms with Crippen molar-refractivity contribution in [2.24, 2.45) is 5.10 Å². The van der Waals surface area contributed by atoms with Crippen molar-refractivity contribution in [3.63, 3.8) is 0 Å². The highest BCUT2D eigenvalue weighted by atomic mass is 127. The van der Waals surface area contributed by atoms with E-state index in [0.29, 0.717) is 11.1 Å². The second-order valence-corrected chi connectivity index (χ2v) is 6.78. The first-order chi connectivity index (χ1) is 13.5. The molecular weight excluding hydrogens is 474 g/mol. The maximum atomic E-state index is 13.6. The molecule has 5 nitrogen and oxygen atoms in total. The molecule has 140 valence electrons. The largest absolute Gasteiger partial charge is 0.423 e. The van der Waals surface area contributed by atoms with Crippen molar-refractivity contribution in [1.29, 1.82) is 0 Å². The fourth-order valence-corrected chi connectivity index (χ4v) is 2.91. The maximum Gasteiger partial charge on any atom is 0.346 e. The third-order valence-corrected chi connectivity index (χ3v) is 4.62. The molecule has 3 aromatic carbocycles. The van der Waals surface area contributed by atoms with Crippen LogP contribution in [0.2, 0.25) is 0 Å². The molecule has 0 heterocycles. The van der Waals surface area contributed by atoms with E-state index in [2.05, 4.69) is 33.1 Å². The van der Waals surface area contributed by atoms with Crippen LogP contribution in [0.15, 0.2) is 77.9 Å². The summed E-state index contributed by atoms with van der Waals surface area (Å²) in [6.45, 7) is 0. The molecule has 0 fully saturated rings. The Balaban J connectivity index is 1.59. The van der Waals surface area contributed by atoms with Gasteiger partial charge in [0.25, 0.3) is 5.91 Å². The summed E-state index contributed by atoms with van der Waals surface area (Å²) in [5.74, 6) is -1.45. The van der Waals surface area contributed by atoms with E-state index >= 15 is 0 Å². The Kier molecular flexibility index (Phi) is 6.49. The molecule has 3 rings (SSSR count). The van der Waals surface area contributed by atoms with E-state index in [0.717, 1.165) is 3.57 Å². The van der Waals surface area contributed by atoms with Gasteiger partial charge in [0, 0.05) is 3.57 Å². The predicted molar refractivity (Wildman–Crippen MR) is 112 cm³/mol. The Labute approximate surface area is 174 Å². The molecule has 0 aliphatic carbocycles. The number of carbonyl (C=O) groups excluding carboxylic acids is 2.